The smallest absolute Gasteiger partial charge is 0.222 e. The van der Waals surface area contributed by atoms with E-state index in [0.29, 0.717) is 12.4 Å². The van der Waals surface area contributed by atoms with Gasteiger partial charge in [-0.2, -0.15) is 5.10 Å². The second-order valence-corrected chi connectivity index (χ2v) is 6.51. The summed E-state index contributed by atoms with van der Waals surface area (Å²) in [7, 11) is 0. The van der Waals surface area contributed by atoms with Gasteiger partial charge in [-0.1, -0.05) is 35.9 Å². The van der Waals surface area contributed by atoms with Crippen molar-refractivity contribution in [1.82, 2.24) is 30.4 Å². The monoisotopic (exact) mass is 378 g/mol. The van der Waals surface area contributed by atoms with Crippen molar-refractivity contribution >= 4 is 11.8 Å². The number of rotatable bonds is 7. The van der Waals surface area contributed by atoms with E-state index in [1.807, 2.05) is 43.3 Å². The Bertz CT molecular complexity index is 920. The van der Waals surface area contributed by atoms with Crippen LogP contribution in [0.4, 0.5) is 0 Å². The SMILES string of the molecule is CC(=O)N[C@@H](CC(=O)NCc1ccc(-n2cncn2)nc1)c1ccc(C)cc1. The molecule has 0 aliphatic carbocycles. The van der Waals surface area contributed by atoms with E-state index in [9.17, 15) is 9.59 Å². The number of carbonyl (C=O) groups excluding carboxylic acids is 2. The van der Waals surface area contributed by atoms with Gasteiger partial charge in [0.25, 0.3) is 0 Å². The van der Waals surface area contributed by atoms with E-state index in [-0.39, 0.29) is 24.3 Å². The fourth-order valence-electron chi connectivity index (χ4n) is 2.74. The van der Waals surface area contributed by atoms with Crippen molar-refractivity contribution in [2.24, 2.45) is 0 Å². The summed E-state index contributed by atoms with van der Waals surface area (Å²) in [6.07, 6.45) is 4.85. The Labute approximate surface area is 163 Å². The number of benzene rings is 1. The highest BCUT2D eigenvalue weighted by atomic mass is 16.2. The van der Waals surface area contributed by atoms with E-state index < -0.39 is 0 Å². The van der Waals surface area contributed by atoms with Crippen LogP contribution in [0.15, 0.2) is 55.2 Å². The lowest BCUT2D eigenvalue weighted by atomic mass is 10.0. The molecule has 8 nitrogen and oxygen atoms in total. The van der Waals surface area contributed by atoms with E-state index in [0.717, 1.165) is 16.7 Å². The number of hydrogen-bond acceptors (Lipinski definition) is 5. The molecular weight excluding hydrogens is 356 g/mol. The number of pyridine rings is 1. The lowest BCUT2D eigenvalue weighted by molar-refractivity contribution is -0.122. The van der Waals surface area contributed by atoms with E-state index in [1.54, 1.807) is 17.2 Å². The standard InChI is InChI=1S/C20H22N6O2/c1-14-3-6-17(7-4-14)18(25-15(2)27)9-20(28)23-11-16-5-8-19(22-10-16)26-13-21-12-24-26/h3-8,10,12-13,18H,9,11H2,1-2H3,(H,23,28)(H,25,27)/t18-/m0/s1. The topological polar surface area (TPSA) is 102 Å². The van der Waals surface area contributed by atoms with Crippen LogP contribution in [0.2, 0.25) is 0 Å². The minimum atomic E-state index is -0.370. The molecule has 0 saturated carbocycles. The van der Waals surface area contributed by atoms with Gasteiger partial charge in [0.2, 0.25) is 11.8 Å². The summed E-state index contributed by atoms with van der Waals surface area (Å²) in [6, 6.07) is 11.1. The molecule has 3 aromatic rings. The maximum Gasteiger partial charge on any atom is 0.222 e. The van der Waals surface area contributed by atoms with Crippen LogP contribution in [-0.2, 0) is 16.1 Å². The van der Waals surface area contributed by atoms with Crippen LogP contribution in [0.25, 0.3) is 5.82 Å². The lowest BCUT2D eigenvalue weighted by Gasteiger charge is -2.18. The number of nitrogens with one attached hydrogen (secondary N) is 2. The fraction of sp³-hybridized carbons (Fsp3) is 0.250. The first-order chi connectivity index (χ1) is 13.5. The molecule has 0 fully saturated rings. The van der Waals surface area contributed by atoms with Crippen molar-refractivity contribution in [3.8, 4) is 5.82 Å². The molecule has 0 bridgehead atoms. The minimum Gasteiger partial charge on any atom is -0.352 e. The number of hydrogen-bond donors (Lipinski definition) is 2. The Kier molecular flexibility index (Phi) is 6.11. The second-order valence-electron chi connectivity index (χ2n) is 6.51. The molecular formula is C20H22N6O2. The van der Waals surface area contributed by atoms with Crippen LogP contribution in [0.5, 0.6) is 0 Å². The van der Waals surface area contributed by atoms with Crippen LogP contribution in [0, 0.1) is 6.92 Å². The molecule has 144 valence electrons. The van der Waals surface area contributed by atoms with Gasteiger partial charge in [-0.05, 0) is 24.1 Å². The first-order valence-electron chi connectivity index (χ1n) is 8.91. The van der Waals surface area contributed by atoms with Gasteiger partial charge in [0, 0.05) is 19.7 Å². The molecule has 3 rings (SSSR count). The Morgan fingerprint density at radius 1 is 1.14 bits per heavy atom. The molecule has 2 amide bonds. The summed E-state index contributed by atoms with van der Waals surface area (Å²) < 4.78 is 1.56. The predicted octanol–water partition coefficient (Wildman–Crippen LogP) is 1.85. The Balaban J connectivity index is 1.58. The maximum absolute atomic E-state index is 12.4. The van der Waals surface area contributed by atoms with E-state index in [1.165, 1.54) is 13.3 Å². The first kappa shape index (κ1) is 19.2. The van der Waals surface area contributed by atoms with Crippen molar-refractivity contribution < 1.29 is 9.59 Å². The lowest BCUT2D eigenvalue weighted by Crippen LogP contribution is -2.32. The van der Waals surface area contributed by atoms with Crippen LogP contribution < -0.4 is 10.6 Å². The second kappa shape index (κ2) is 8.90. The Morgan fingerprint density at radius 3 is 2.54 bits per heavy atom. The van der Waals surface area contributed by atoms with Gasteiger partial charge in [0.15, 0.2) is 5.82 Å². The summed E-state index contributed by atoms with van der Waals surface area (Å²) >= 11 is 0. The van der Waals surface area contributed by atoms with E-state index in [4.69, 9.17) is 0 Å². The molecule has 1 aromatic carbocycles. The van der Waals surface area contributed by atoms with Crippen molar-refractivity contribution in [3.63, 3.8) is 0 Å². The van der Waals surface area contributed by atoms with Gasteiger partial charge in [0.1, 0.15) is 12.7 Å². The maximum atomic E-state index is 12.4. The molecule has 2 aromatic heterocycles. The molecule has 1 atom stereocenters. The average molecular weight is 378 g/mol. The largest absolute Gasteiger partial charge is 0.352 e. The molecule has 28 heavy (non-hydrogen) atoms. The molecule has 0 radical (unpaired) electrons. The number of aromatic nitrogens is 4. The van der Waals surface area contributed by atoms with Gasteiger partial charge in [-0.3, -0.25) is 9.59 Å². The van der Waals surface area contributed by atoms with E-state index >= 15 is 0 Å². The van der Waals surface area contributed by atoms with Crippen LogP contribution in [0.1, 0.15) is 36.1 Å². The summed E-state index contributed by atoms with van der Waals surface area (Å²) in [5.74, 6) is 0.323. The highest BCUT2D eigenvalue weighted by Gasteiger charge is 2.17. The first-order valence-corrected chi connectivity index (χ1v) is 8.91. The molecule has 8 heteroatoms. The molecule has 0 aliphatic heterocycles. The molecule has 2 N–H and O–H groups in total. The van der Waals surface area contributed by atoms with Gasteiger partial charge < -0.3 is 10.6 Å². The van der Waals surface area contributed by atoms with Crippen LogP contribution in [-0.4, -0.2) is 31.6 Å². The van der Waals surface area contributed by atoms with Gasteiger partial charge >= 0.3 is 0 Å². The third-order valence-electron chi connectivity index (χ3n) is 4.20. The average Bonchev–Trinajstić information content (AvgIpc) is 3.21. The zero-order valence-corrected chi connectivity index (χ0v) is 15.8. The summed E-state index contributed by atoms with van der Waals surface area (Å²) in [6.45, 7) is 3.79. The Morgan fingerprint density at radius 2 is 1.93 bits per heavy atom. The normalized spacial score (nSPS) is 11.6. The van der Waals surface area contributed by atoms with Crippen molar-refractivity contribution in [3.05, 3.63) is 71.9 Å². The molecule has 0 aliphatic rings. The zero-order valence-electron chi connectivity index (χ0n) is 15.8. The number of carbonyl (C=O) groups is 2. The minimum absolute atomic E-state index is 0.153. The molecule has 0 saturated heterocycles. The molecule has 0 unspecified atom stereocenters. The molecule has 0 spiro atoms. The fourth-order valence-corrected chi connectivity index (χ4v) is 2.74. The number of amides is 2. The van der Waals surface area contributed by atoms with Gasteiger partial charge in [0.05, 0.1) is 12.5 Å². The van der Waals surface area contributed by atoms with Gasteiger partial charge in [-0.25, -0.2) is 14.6 Å². The van der Waals surface area contributed by atoms with Gasteiger partial charge in [-0.15, -0.1) is 0 Å². The van der Waals surface area contributed by atoms with Crippen molar-refractivity contribution in [2.45, 2.75) is 32.9 Å². The predicted molar refractivity (Wildman–Crippen MR) is 103 cm³/mol. The summed E-state index contributed by atoms with van der Waals surface area (Å²) in [5, 5.41) is 9.73. The molecule has 2 heterocycles. The summed E-state index contributed by atoms with van der Waals surface area (Å²) in [5.41, 5.74) is 2.88. The van der Waals surface area contributed by atoms with Crippen LogP contribution >= 0.6 is 0 Å². The van der Waals surface area contributed by atoms with Crippen LogP contribution in [0.3, 0.4) is 0 Å². The van der Waals surface area contributed by atoms with E-state index in [2.05, 4.69) is 25.7 Å². The third kappa shape index (κ3) is 5.23. The number of aryl methyl sites for hydroxylation is 1. The number of nitrogens with zero attached hydrogens (tertiary/aromatic N) is 4. The zero-order chi connectivity index (χ0) is 19.9. The summed E-state index contributed by atoms with van der Waals surface area (Å²) in [4.78, 5) is 32.1. The Hall–Kier alpha value is -3.55. The third-order valence-corrected chi connectivity index (χ3v) is 4.20. The van der Waals surface area contributed by atoms with Crippen molar-refractivity contribution in [2.75, 3.05) is 0 Å². The van der Waals surface area contributed by atoms with Crippen molar-refractivity contribution in [1.29, 1.82) is 0 Å². The quantitative estimate of drug-likeness (QED) is 0.653. The highest BCUT2D eigenvalue weighted by molar-refractivity contribution is 5.79. The highest BCUT2D eigenvalue weighted by Crippen LogP contribution is 2.17.